The van der Waals surface area contributed by atoms with Crippen molar-refractivity contribution in [1.82, 2.24) is 4.72 Å². The lowest BCUT2D eigenvalue weighted by Crippen LogP contribution is -2.40. The number of hydrogen-bond acceptors (Lipinski definition) is 4. The first-order valence-electron chi connectivity index (χ1n) is 8.28. The van der Waals surface area contributed by atoms with Crippen LogP contribution in [-0.4, -0.2) is 31.6 Å². The van der Waals surface area contributed by atoms with Crippen LogP contribution in [0.2, 0.25) is 0 Å². The number of carbonyl (C=O) groups is 1. The summed E-state index contributed by atoms with van der Waals surface area (Å²) in [6.07, 6.45) is 0.728. The molecule has 0 saturated heterocycles. The minimum atomic E-state index is -3.80. The van der Waals surface area contributed by atoms with Gasteiger partial charge >= 0.3 is 5.97 Å². The van der Waals surface area contributed by atoms with Crippen LogP contribution in [0.25, 0.3) is 0 Å². The van der Waals surface area contributed by atoms with Gasteiger partial charge in [-0.25, -0.2) is 17.9 Å². The van der Waals surface area contributed by atoms with Gasteiger partial charge in [0.25, 0.3) is 0 Å². The molecule has 26 heavy (non-hydrogen) atoms. The van der Waals surface area contributed by atoms with Crippen LogP contribution in [0.4, 0.5) is 5.69 Å². The second-order valence-electron chi connectivity index (χ2n) is 7.03. The van der Waals surface area contributed by atoms with Crippen molar-refractivity contribution in [3.8, 4) is 0 Å². The van der Waals surface area contributed by atoms with Crippen molar-refractivity contribution in [2.45, 2.75) is 37.6 Å². The summed E-state index contributed by atoms with van der Waals surface area (Å²) in [5, 5.41) is 12.5. The number of anilines is 1. The van der Waals surface area contributed by atoms with Gasteiger partial charge in [-0.3, -0.25) is 0 Å². The molecule has 7 heteroatoms. The molecule has 0 aliphatic carbocycles. The Bertz CT molecular complexity index is 872. The van der Waals surface area contributed by atoms with Crippen LogP contribution in [0.1, 0.15) is 36.7 Å². The molecule has 0 amide bonds. The monoisotopic (exact) mass is 376 g/mol. The van der Waals surface area contributed by atoms with Crippen LogP contribution in [0.5, 0.6) is 0 Å². The molecule has 0 aliphatic rings. The molecule has 6 nitrogen and oxygen atoms in total. The Morgan fingerprint density at radius 1 is 1.08 bits per heavy atom. The van der Waals surface area contributed by atoms with Gasteiger partial charge in [-0.05, 0) is 51.0 Å². The first-order chi connectivity index (χ1) is 12.1. The number of sulfonamides is 1. The van der Waals surface area contributed by atoms with E-state index in [2.05, 4.69) is 10.0 Å². The second-order valence-corrected chi connectivity index (χ2v) is 8.71. The van der Waals surface area contributed by atoms with E-state index < -0.39 is 21.5 Å². The zero-order valence-corrected chi connectivity index (χ0v) is 15.9. The molecule has 0 atom stereocenters. The van der Waals surface area contributed by atoms with Gasteiger partial charge in [0.15, 0.2) is 0 Å². The first-order valence-corrected chi connectivity index (χ1v) is 9.76. The predicted molar refractivity (Wildman–Crippen MR) is 102 cm³/mol. The molecule has 2 aromatic carbocycles. The number of aromatic carboxylic acids is 1. The molecule has 2 aromatic rings. The Kier molecular flexibility index (Phi) is 6.05. The van der Waals surface area contributed by atoms with Crippen LogP contribution in [0.3, 0.4) is 0 Å². The molecule has 0 fully saturated rings. The van der Waals surface area contributed by atoms with Crippen LogP contribution in [0, 0.1) is 0 Å². The Morgan fingerprint density at radius 3 is 2.31 bits per heavy atom. The maximum absolute atomic E-state index is 12.4. The smallest absolute Gasteiger partial charge is 0.337 e. The highest BCUT2D eigenvalue weighted by Crippen LogP contribution is 2.22. The minimum Gasteiger partial charge on any atom is -0.478 e. The van der Waals surface area contributed by atoms with Gasteiger partial charge in [-0.1, -0.05) is 30.3 Å². The second kappa shape index (κ2) is 7.88. The lowest BCUT2D eigenvalue weighted by molar-refractivity contribution is 0.0697. The number of hydrogen-bond donors (Lipinski definition) is 3. The molecule has 0 aromatic heterocycles. The summed E-state index contributed by atoms with van der Waals surface area (Å²) in [6, 6.07) is 13.9. The van der Waals surface area contributed by atoms with Gasteiger partial charge in [-0.2, -0.15) is 0 Å². The molecule has 0 spiro atoms. The average Bonchev–Trinajstić information content (AvgIpc) is 2.53. The van der Waals surface area contributed by atoms with Gasteiger partial charge in [0.05, 0.1) is 10.5 Å². The molecule has 0 saturated carbocycles. The van der Waals surface area contributed by atoms with Crippen molar-refractivity contribution in [2.75, 3.05) is 11.9 Å². The fourth-order valence-corrected chi connectivity index (χ4v) is 3.91. The molecule has 2 rings (SSSR count). The molecule has 140 valence electrons. The standard InChI is InChI=1S/C19H24N2O4S/c1-19(2,3)21-26(24,25)15-9-10-17(16(13-15)18(22)23)20-12-11-14-7-5-4-6-8-14/h4-10,13,20-21H,11-12H2,1-3H3,(H,22,23). The highest BCUT2D eigenvalue weighted by Gasteiger charge is 2.24. The molecule has 0 unspecified atom stereocenters. The van der Waals surface area contributed by atoms with Crippen LogP contribution >= 0.6 is 0 Å². The van der Waals surface area contributed by atoms with Gasteiger partial charge in [0.1, 0.15) is 0 Å². The average molecular weight is 376 g/mol. The normalized spacial score (nSPS) is 12.0. The maximum atomic E-state index is 12.4. The van der Waals surface area contributed by atoms with E-state index >= 15 is 0 Å². The van der Waals surface area contributed by atoms with Crippen molar-refractivity contribution in [3.05, 3.63) is 59.7 Å². The summed E-state index contributed by atoms with van der Waals surface area (Å²) in [5.41, 5.74) is 0.790. The third-order valence-corrected chi connectivity index (χ3v) is 5.30. The zero-order valence-electron chi connectivity index (χ0n) is 15.1. The Labute approximate surface area is 154 Å². The van der Waals surface area contributed by atoms with E-state index in [4.69, 9.17) is 0 Å². The van der Waals surface area contributed by atoms with Crippen molar-refractivity contribution in [3.63, 3.8) is 0 Å². The Balaban J connectivity index is 2.19. The fraction of sp³-hybridized carbons (Fsp3) is 0.316. The van der Waals surface area contributed by atoms with E-state index in [0.717, 1.165) is 12.0 Å². The van der Waals surface area contributed by atoms with E-state index in [9.17, 15) is 18.3 Å². The van der Waals surface area contributed by atoms with Crippen molar-refractivity contribution < 1.29 is 18.3 Å². The Hall–Kier alpha value is -2.38. The number of carboxylic acid groups (broad SMARTS) is 1. The summed E-state index contributed by atoms with van der Waals surface area (Å²) in [5.74, 6) is -1.18. The number of benzene rings is 2. The number of rotatable bonds is 7. The molecule has 3 N–H and O–H groups in total. The first kappa shape index (κ1) is 19.9. The minimum absolute atomic E-state index is 0.0709. The lowest BCUT2D eigenvalue weighted by Gasteiger charge is -2.21. The van der Waals surface area contributed by atoms with Gasteiger partial charge in [0.2, 0.25) is 10.0 Å². The number of nitrogens with one attached hydrogen (secondary N) is 2. The summed E-state index contributed by atoms with van der Waals surface area (Å²) in [7, 11) is -3.80. The van der Waals surface area contributed by atoms with Crippen LogP contribution in [-0.2, 0) is 16.4 Å². The van der Waals surface area contributed by atoms with Crippen molar-refractivity contribution in [1.29, 1.82) is 0 Å². The zero-order chi connectivity index (χ0) is 19.4. The van der Waals surface area contributed by atoms with Crippen LogP contribution < -0.4 is 10.0 Å². The van der Waals surface area contributed by atoms with E-state index in [1.54, 1.807) is 20.8 Å². The van der Waals surface area contributed by atoms with E-state index in [1.165, 1.54) is 18.2 Å². The third kappa shape index (κ3) is 5.57. The summed E-state index contributed by atoms with van der Waals surface area (Å²) < 4.78 is 27.3. The van der Waals surface area contributed by atoms with E-state index in [-0.39, 0.29) is 10.5 Å². The molecular weight excluding hydrogens is 352 g/mol. The molecule has 0 aliphatic heterocycles. The van der Waals surface area contributed by atoms with Crippen LogP contribution in [0.15, 0.2) is 53.4 Å². The van der Waals surface area contributed by atoms with Crippen molar-refractivity contribution >= 4 is 21.7 Å². The molecular formula is C19H24N2O4S. The highest BCUT2D eigenvalue weighted by atomic mass is 32.2. The van der Waals surface area contributed by atoms with Gasteiger partial charge < -0.3 is 10.4 Å². The predicted octanol–water partition coefficient (Wildman–Crippen LogP) is 3.12. The van der Waals surface area contributed by atoms with E-state index in [0.29, 0.717) is 12.2 Å². The molecule has 0 bridgehead atoms. The molecule has 0 heterocycles. The third-order valence-electron chi connectivity index (χ3n) is 3.54. The Morgan fingerprint density at radius 2 is 1.73 bits per heavy atom. The number of carboxylic acids is 1. The maximum Gasteiger partial charge on any atom is 0.337 e. The summed E-state index contributed by atoms with van der Waals surface area (Å²) >= 11 is 0. The van der Waals surface area contributed by atoms with Crippen molar-refractivity contribution in [2.24, 2.45) is 0 Å². The van der Waals surface area contributed by atoms with E-state index in [1.807, 2.05) is 30.3 Å². The highest BCUT2D eigenvalue weighted by molar-refractivity contribution is 7.89. The quantitative estimate of drug-likeness (QED) is 0.690. The largest absolute Gasteiger partial charge is 0.478 e. The summed E-state index contributed by atoms with van der Waals surface area (Å²) in [6.45, 7) is 5.71. The fourth-order valence-electron chi connectivity index (χ4n) is 2.47. The topological polar surface area (TPSA) is 95.5 Å². The van der Waals surface area contributed by atoms with Gasteiger partial charge in [0, 0.05) is 17.8 Å². The van der Waals surface area contributed by atoms with Gasteiger partial charge in [-0.15, -0.1) is 0 Å². The summed E-state index contributed by atoms with van der Waals surface area (Å²) in [4.78, 5) is 11.5. The lowest BCUT2D eigenvalue weighted by atomic mass is 10.1. The SMILES string of the molecule is CC(C)(C)NS(=O)(=O)c1ccc(NCCc2ccccc2)c(C(=O)O)c1. The molecule has 0 radical (unpaired) electrons.